The topological polar surface area (TPSA) is 12.0 Å². The van der Waals surface area contributed by atoms with Crippen LogP contribution in [0.1, 0.15) is 9.49 Å². The van der Waals surface area contributed by atoms with E-state index in [2.05, 4.69) is 52.2 Å². The Kier molecular flexibility index (Phi) is 1.56. The predicted octanol–water partition coefficient (Wildman–Crippen LogP) is 2.59. The Balaban J connectivity index is 2.51. The zero-order valence-corrected chi connectivity index (χ0v) is 7.63. The van der Waals surface area contributed by atoms with Crippen LogP contribution in [0.25, 0.3) is 0 Å². The van der Waals surface area contributed by atoms with E-state index in [0.29, 0.717) is 3.92 Å². The highest BCUT2D eigenvalue weighted by Crippen LogP contribution is 2.35. The lowest BCUT2D eigenvalue weighted by atomic mass is 10.2. The minimum Gasteiger partial charge on any atom is -0.383 e. The summed E-state index contributed by atoms with van der Waals surface area (Å²) in [4.78, 5) is 0. The minimum absolute atomic E-state index is 0.661. The maximum Gasteiger partial charge on any atom is 0.0552 e. The summed E-state index contributed by atoms with van der Waals surface area (Å²) >= 11 is 2.46. The highest BCUT2D eigenvalue weighted by atomic mass is 127. The molecule has 1 unspecified atom stereocenters. The number of alkyl halides is 1. The fraction of sp³-hybridized carbons (Fsp3) is 0.250. The molecule has 1 atom stereocenters. The van der Waals surface area contributed by atoms with Gasteiger partial charge < -0.3 is 5.32 Å². The van der Waals surface area contributed by atoms with Crippen molar-refractivity contribution < 1.29 is 0 Å². The molecule has 1 aromatic rings. The van der Waals surface area contributed by atoms with Crippen LogP contribution < -0.4 is 5.32 Å². The minimum atomic E-state index is 0.661. The first-order valence-electron chi connectivity index (χ1n) is 3.35. The van der Waals surface area contributed by atoms with Gasteiger partial charge in [-0.1, -0.05) is 40.8 Å². The van der Waals surface area contributed by atoms with E-state index in [9.17, 15) is 0 Å². The molecule has 0 bridgehead atoms. The zero-order chi connectivity index (χ0) is 6.97. The predicted molar refractivity (Wildman–Crippen MR) is 51.7 cm³/mol. The summed E-state index contributed by atoms with van der Waals surface area (Å²) in [5.41, 5.74) is 2.75. The lowest BCUT2D eigenvalue weighted by molar-refractivity contribution is 1.11. The SMILES string of the molecule is IC1CNc2ccccc21. The van der Waals surface area contributed by atoms with Crippen LogP contribution in [-0.4, -0.2) is 6.54 Å². The van der Waals surface area contributed by atoms with Gasteiger partial charge in [0.15, 0.2) is 0 Å². The molecule has 2 heteroatoms. The van der Waals surface area contributed by atoms with Crippen molar-refractivity contribution in [1.29, 1.82) is 0 Å². The summed E-state index contributed by atoms with van der Waals surface area (Å²) in [5, 5.41) is 3.34. The van der Waals surface area contributed by atoms with Crippen LogP contribution >= 0.6 is 22.6 Å². The molecule has 1 N–H and O–H groups in total. The van der Waals surface area contributed by atoms with Crippen LogP contribution in [-0.2, 0) is 0 Å². The zero-order valence-electron chi connectivity index (χ0n) is 5.47. The van der Waals surface area contributed by atoms with E-state index < -0.39 is 0 Å². The number of anilines is 1. The molecule has 0 spiro atoms. The number of halogens is 1. The fourth-order valence-electron chi connectivity index (χ4n) is 1.24. The Bertz CT molecular complexity index is 247. The third-order valence-electron chi connectivity index (χ3n) is 1.77. The molecule has 0 saturated carbocycles. The van der Waals surface area contributed by atoms with Gasteiger partial charge in [0.1, 0.15) is 0 Å². The van der Waals surface area contributed by atoms with Gasteiger partial charge in [-0.3, -0.25) is 0 Å². The van der Waals surface area contributed by atoms with E-state index in [1.54, 1.807) is 0 Å². The smallest absolute Gasteiger partial charge is 0.0552 e. The van der Waals surface area contributed by atoms with Crippen LogP contribution in [0.5, 0.6) is 0 Å². The second kappa shape index (κ2) is 2.42. The van der Waals surface area contributed by atoms with E-state index in [4.69, 9.17) is 0 Å². The molecule has 0 radical (unpaired) electrons. The average Bonchev–Trinajstić information content (AvgIpc) is 2.34. The monoisotopic (exact) mass is 245 g/mol. The third kappa shape index (κ3) is 0.905. The molecule has 0 fully saturated rings. The van der Waals surface area contributed by atoms with E-state index >= 15 is 0 Å². The number of nitrogens with one attached hydrogen (secondary N) is 1. The summed E-state index contributed by atoms with van der Waals surface area (Å²) in [7, 11) is 0. The highest BCUT2D eigenvalue weighted by molar-refractivity contribution is 14.1. The van der Waals surface area contributed by atoms with Crippen molar-refractivity contribution in [2.45, 2.75) is 3.92 Å². The van der Waals surface area contributed by atoms with Crippen LogP contribution in [0, 0.1) is 0 Å². The Hall–Kier alpha value is -0.250. The number of para-hydroxylation sites is 1. The fourth-order valence-corrected chi connectivity index (χ4v) is 2.00. The van der Waals surface area contributed by atoms with Crippen molar-refractivity contribution in [2.24, 2.45) is 0 Å². The van der Waals surface area contributed by atoms with E-state index in [0.717, 1.165) is 6.54 Å². The normalized spacial score (nSPS) is 21.9. The highest BCUT2D eigenvalue weighted by Gasteiger charge is 2.17. The van der Waals surface area contributed by atoms with Crippen LogP contribution in [0.15, 0.2) is 24.3 Å². The van der Waals surface area contributed by atoms with Gasteiger partial charge in [-0.05, 0) is 11.6 Å². The molecule has 10 heavy (non-hydrogen) atoms. The van der Waals surface area contributed by atoms with Gasteiger partial charge in [0.2, 0.25) is 0 Å². The molecule has 1 aliphatic rings. The first-order chi connectivity index (χ1) is 4.88. The molecule has 0 amide bonds. The van der Waals surface area contributed by atoms with E-state index in [1.807, 2.05) is 0 Å². The Labute approximate surface area is 74.0 Å². The van der Waals surface area contributed by atoms with Crippen molar-refractivity contribution in [1.82, 2.24) is 0 Å². The number of benzene rings is 1. The van der Waals surface area contributed by atoms with Crippen molar-refractivity contribution in [3.05, 3.63) is 29.8 Å². The van der Waals surface area contributed by atoms with Gasteiger partial charge in [0.05, 0.1) is 3.92 Å². The summed E-state index contributed by atoms with van der Waals surface area (Å²) < 4.78 is 0.661. The van der Waals surface area contributed by atoms with E-state index in [1.165, 1.54) is 11.3 Å². The molecular weight excluding hydrogens is 237 g/mol. The quantitative estimate of drug-likeness (QED) is 0.547. The molecule has 0 saturated heterocycles. The summed E-state index contributed by atoms with van der Waals surface area (Å²) in [5.74, 6) is 0. The lowest BCUT2D eigenvalue weighted by Gasteiger charge is -1.97. The number of rotatable bonds is 0. The number of fused-ring (bicyclic) bond motifs is 1. The molecule has 0 aliphatic carbocycles. The molecule has 1 aliphatic heterocycles. The molecule has 0 aromatic heterocycles. The summed E-state index contributed by atoms with van der Waals surface area (Å²) in [6, 6.07) is 8.48. The standard InChI is InChI=1S/C8H8IN/c9-7-5-10-8-4-2-1-3-6(7)8/h1-4,7,10H,5H2. The number of hydrogen-bond donors (Lipinski definition) is 1. The van der Waals surface area contributed by atoms with Crippen molar-refractivity contribution in [2.75, 3.05) is 11.9 Å². The lowest BCUT2D eigenvalue weighted by Crippen LogP contribution is -1.93. The van der Waals surface area contributed by atoms with Crippen molar-refractivity contribution in [3.63, 3.8) is 0 Å². The third-order valence-corrected chi connectivity index (χ3v) is 2.88. The Morgan fingerprint density at radius 1 is 1.40 bits per heavy atom. The second-order valence-electron chi connectivity index (χ2n) is 2.44. The maximum atomic E-state index is 3.34. The van der Waals surface area contributed by atoms with E-state index in [-0.39, 0.29) is 0 Å². The Morgan fingerprint density at radius 2 is 2.20 bits per heavy atom. The second-order valence-corrected chi connectivity index (χ2v) is 3.94. The van der Waals surface area contributed by atoms with Crippen LogP contribution in [0.2, 0.25) is 0 Å². The van der Waals surface area contributed by atoms with Gasteiger partial charge in [-0.25, -0.2) is 0 Å². The largest absolute Gasteiger partial charge is 0.383 e. The molecule has 52 valence electrons. The van der Waals surface area contributed by atoms with Gasteiger partial charge >= 0.3 is 0 Å². The van der Waals surface area contributed by atoms with Crippen LogP contribution in [0.3, 0.4) is 0 Å². The summed E-state index contributed by atoms with van der Waals surface area (Å²) in [6.07, 6.45) is 0. The molecular formula is C8H8IN. The first-order valence-corrected chi connectivity index (χ1v) is 4.59. The van der Waals surface area contributed by atoms with Crippen molar-refractivity contribution in [3.8, 4) is 0 Å². The Morgan fingerprint density at radius 3 is 3.00 bits per heavy atom. The molecule has 1 aromatic carbocycles. The average molecular weight is 245 g/mol. The van der Waals surface area contributed by atoms with Crippen molar-refractivity contribution >= 4 is 28.3 Å². The first kappa shape index (κ1) is 6.46. The van der Waals surface area contributed by atoms with Crippen LogP contribution in [0.4, 0.5) is 5.69 Å². The number of hydrogen-bond acceptors (Lipinski definition) is 1. The molecule has 1 heterocycles. The summed E-state index contributed by atoms with van der Waals surface area (Å²) in [6.45, 7) is 1.08. The molecule has 2 rings (SSSR count). The maximum absolute atomic E-state index is 3.34. The molecule has 1 nitrogen and oxygen atoms in total. The van der Waals surface area contributed by atoms with Gasteiger partial charge in [0.25, 0.3) is 0 Å². The van der Waals surface area contributed by atoms with Gasteiger partial charge in [-0.2, -0.15) is 0 Å². The van der Waals surface area contributed by atoms with Gasteiger partial charge in [0, 0.05) is 12.2 Å². The van der Waals surface area contributed by atoms with Gasteiger partial charge in [-0.15, -0.1) is 0 Å².